The van der Waals surface area contributed by atoms with E-state index in [0.717, 1.165) is 19.4 Å². The Morgan fingerprint density at radius 1 is 0.690 bits per heavy atom. The first-order valence-electron chi connectivity index (χ1n) is 12.6. The average molecular weight is 413 g/mol. The van der Waals surface area contributed by atoms with Crippen molar-refractivity contribution < 1.29 is 14.2 Å². The molecule has 0 N–H and O–H groups in total. The average Bonchev–Trinajstić information content (AvgIpc) is 2.75. The van der Waals surface area contributed by atoms with Gasteiger partial charge in [0, 0.05) is 20.1 Å². The van der Waals surface area contributed by atoms with Crippen LogP contribution in [-0.2, 0) is 14.2 Å². The molecule has 29 heavy (non-hydrogen) atoms. The van der Waals surface area contributed by atoms with Crippen molar-refractivity contribution in [2.45, 2.75) is 129 Å². The van der Waals surface area contributed by atoms with Crippen LogP contribution in [0.15, 0.2) is 12.3 Å². The van der Waals surface area contributed by atoms with E-state index in [9.17, 15) is 0 Å². The molecule has 0 rings (SSSR count). The van der Waals surface area contributed by atoms with Crippen LogP contribution in [-0.4, -0.2) is 26.6 Å². The van der Waals surface area contributed by atoms with Gasteiger partial charge in [-0.15, -0.1) is 0 Å². The number of allylic oxidation sites excluding steroid dienone is 1. The molecule has 0 saturated heterocycles. The van der Waals surface area contributed by atoms with Crippen LogP contribution in [0.3, 0.4) is 0 Å². The highest BCUT2D eigenvalue weighted by Crippen LogP contribution is 2.34. The van der Waals surface area contributed by atoms with Gasteiger partial charge in [0.15, 0.2) is 5.79 Å². The van der Waals surface area contributed by atoms with Gasteiger partial charge < -0.3 is 14.2 Å². The van der Waals surface area contributed by atoms with Crippen LogP contribution in [0.25, 0.3) is 0 Å². The summed E-state index contributed by atoms with van der Waals surface area (Å²) in [6.07, 6.45) is 24.1. The molecule has 1 unspecified atom stereocenters. The van der Waals surface area contributed by atoms with Crippen LogP contribution in [0.4, 0.5) is 0 Å². The van der Waals surface area contributed by atoms with E-state index in [1.807, 2.05) is 20.5 Å². The molecule has 0 spiro atoms. The molecule has 1 atom stereocenters. The fourth-order valence-corrected chi connectivity index (χ4v) is 4.26. The predicted octanol–water partition coefficient (Wildman–Crippen LogP) is 8.42. The molecular weight excluding hydrogens is 360 g/mol. The molecule has 0 amide bonds. The van der Waals surface area contributed by atoms with Crippen molar-refractivity contribution in [3.05, 3.63) is 12.3 Å². The maximum absolute atomic E-state index is 5.90. The fourth-order valence-electron chi connectivity index (χ4n) is 4.26. The number of hydrogen-bond acceptors (Lipinski definition) is 3. The van der Waals surface area contributed by atoms with Crippen LogP contribution < -0.4 is 0 Å². The first kappa shape index (κ1) is 28.5. The third-order valence-electron chi connectivity index (χ3n) is 6.20. The van der Waals surface area contributed by atoms with E-state index < -0.39 is 5.79 Å². The lowest BCUT2D eigenvalue weighted by atomic mass is 9.85. The molecule has 0 radical (unpaired) electrons. The minimum Gasteiger partial charge on any atom is -0.502 e. The Balaban J connectivity index is 4.09. The minimum atomic E-state index is -0.396. The normalized spacial score (nSPS) is 13.3. The standard InChI is InChI=1S/C26H52O3/c1-6-9-11-12-15-18-21-25(26(8-3,27-4)28-5)22-19-16-13-14-17-20-24-29-23-10-7-2/h10,23,25H,6-9,11-22,24H2,1-5H3. The van der Waals surface area contributed by atoms with Gasteiger partial charge in [-0.3, -0.25) is 0 Å². The van der Waals surface area contributed by atoms with Gasteiger partial charge in [0.05, 0.1) is 12.9 Å². The summed E-state index contributed by atoms with van der Waals surface area (Å²) in [4.78, 5) is 0. The number of methoxy groups -OCH3 is 2. The molecule has 0 saturated carbocycles. The largest absolute Gasteiger partial charge is 0.502 e. The predicted molar refractivity (Wildman–Crippen MR) is 126 cm³/mol. The molecule has 0 aliphatic heterocycles. The highest BCUT2D eigenvalue weighted by molar-refractivity contribution is 4.78. The van der Waals surface area contributed by atoms with E-state index in [2.05, 4.69) is 26.8 Å². The van der Waals surface area contributed by atoms with E-state index in [1.54, 1.807) is 0 Å². The Kier molecular flexibility index (Phi) is 20.3. The number of unbranched alkanes of at least 4 members (excludes halogenated alkanes) is 10. The highest BCUT2D eigenvalue weighted by Gasteiger charge is 2.36. The molecule has 0 heterocycles. The summed E-state index contributed by atoms with van der Waals surface area (Å²) in [5.74, 6) is 0.111. The second-order valence-corrected chi connectivity index (χ2v) is 8.39. The van der Waals surface area contributed by atoms with Crippen LogP contribution in [0.1, 0.15) is 124 Å². The van der Waals surface area contributed by atoms with Crippen LogP contribution in [0, 0.1) is 5.92 Å². The maximum atomic E-state index is 5.90. The summed E-state index contributed by atoms with van der Waals surface area (Å²) in [6, 6.07) is 0. The van der Waals surface area contributed by atoms with Gasteiger partial charge in [0.2, 0.25) is 0 Å². The van der Waals surface area contributed by atoms with Gasteiger partial charge >= 0.3 is 0 Å². The SMILES string of the molecule is CCC=COCCCCCCCCC(CCCCCCCC)C(CC)(OC)OC. The van der Waals surface area contributed by atoms with Crippen molar-refractivity contribution in [2.75, 3.05) is 20.8 Å². The Morgan fingerprint density at radius 2 is 1.21 bits per heavy atom. The molecule has 0 aliphatic rings. The number of hydrogen-bond donors (Lipinski definition) is 0. The quantitative estimate of drug-likeness (QED) is 0.101. The summed E-state index contributed by atoms with van der Waals surface area (Å²) in [7, 11) is 3.64. The number of rotatable bonds is 22. The number of ether oxygens (including phenoxy) is 3. The van der Waals surface area contributed by atoms with Crippen molar-refractivity contribution >= 4 is 0 Å². The first-order chi connectivity index (χ1) is 14.2. The highest BCUT2D eigenvalue weighted by atomic mass is 16.7. The molecule has 0 fully saturated rings. The van der Waals surface area contributed by atoms with E-state index >= 15 is 0 Å². The van der Waals surface area contributed by atoms with Crippen molar-refractivity contribution in [1.82, 2.24) is 0 Å². The first-order valence-corrected chi connectivity index (χ1v) is 12.6. The summed E-state index contributed by atoms with van der Waals surface area (Å²) in [5, 5.41) is 0. The van der Waals surface area contributed by atoms with Gasteiger partial charge in [-0.1, -0.05) is 97.5 Å². The Labute approximate surface area is 183 Å². The Hall–Kier alpha value is -0.540. The van der Waals surface area contributed by atoms with Crippen molar-refractivity contribution in [3.8, 4) is 0 Å². The van der Waals surface area contributed by atoms with Crippen LogP contribution in [0.5, 0.6) is 0 Å². The van der Waals surface area contributed by atoms with E-state index in [0.29, 0.717) is 5.92 Å². The zero-order chi connectivity index (χ0) is 21.6. The topological polar surface area (TPSA) is 27.7 Å². The zero-order valence-corrected chi connectivity index (χ0v) is 20.5. The third-order valence-corrected chi connectivity index (χ3v) is 6.20. The lowest BCUT2D eigenvalue weighted by Crippen LogP contribution is -2.41. The lowest BCUT2D eigenvalue weighted by molar-refractivity contribution is -0.244. The molecular formula is C26H52O3. The van der Waals surface area contributed by atoms with E-state index in [1.165, 1.54) is 89.9 Å². The molecule has 3 nitrogen and oxygen atoms in total. The summed E-state index contributed by atoms with van der Waals surface area (Å²) in [6.45, 7) is 7.46. The molecule has 0 aliphatic carbocycles. The van der Waals surface area contributed by atoms with Gasteiger partial charge in [0.1, 0.15) is 0 Å². The molecule has 0 aromatic rings. The molecule has 0 bridgehead atoms. The molecule has 174 valence electrons. The Bertz CT molecular complexity index is 342. The maximum Gasteiger partial charge on any atom is 0.170 e. The third kappa shape index (κ3) is 14.2. The lowest BCUT2D eigenvalue weighted by Gasteiger charge is -2.38. The zero-order valence-electron chi connectivity index (χ0n) is 20.5. The van der Waals surface area contributed by atoms with Gasteiger partial charge in [-0.05, 0) is 32.1 Å². The second-order valence-electron chi connectivity index (χ2n) is 8.39. The van der Waals surface area contributed by atoms with Crippen LogP contribution >= 0.6 is 0 Å². The molecule has 3 heteroatoms. The van der Waals surface area contributed by atoms with Gasteiger partial charge in [-0.25, -0.2) is 0 Å². The minimum absolute atomic E-state index is 0.396. The van der Waals surface area contributed by atoms with Gasteiger partial charge in [0.25, 0.3) is 0 Å². The second kappa shape index (κ2) is 20.7. The van der Waals surface area contributed by atoms with E-state index in [-0.39, 0.29) is 0 Å². The van der Waals surface area contributed by atoms with Gasteiger partial charge in [-0.2, -0.15) is 0 Å². The summed E-state index contributed by atoms with van der Waals surface area (Å²) >= 11 is 0. The van der Waals surface area contributed by atoms with Crippen molar-refractivity contribution in [3.63, 3.8) is 0 Å². The summed E-state index contributed by atoms with van der Waals surface area (Å²) in [5.41, 5.74) is 0. The van der Waals surface area contributed by atoms with Crippen molar-refractivity contribution in [1.29, 1.82) is 0 Å². The molecule has 0 aromatic carbocycles. The fraction of sp³-hybridized carbons (Fsp3) is 0.923. The monoisotopic (exact) mass is 412 g/mol. The Morgan fingerprint density at radius 3 is 1.69 bits per heavy atom. The molecule has 0 aromatic heterocycles. The van der Waals surface area contributed by atoms with Crippen molar-refractivity contribution in [2.24, 2.45) is 5.92 Å². The smallest absolute Gasteiger partial charge is 0.170 e. The van der Waals surface area contributed by atoms with Crippen LogP contribution in [0.2, 0.25) is 0 Å². The van der Waals surface area contributed by atoms with E-state index in [4.69, 9.17) is 14.2 Å². The summed E-state index contributed by atoms with van der Waals surface area (Å²) < 4.78 is 17.3.